The molecule has 1 aromatic rings. The van der Waals surface area contributed by atoms with Gasteiger partial charge in [-0.25, -0.2) is 13.3 Å². The van der Waals surface area contributed by atoms with Gasteiger partial charge < -0.3 is 25.2 Å². The highest BCUT2D eigenvalue weighted by atomic mass is 32.2. The number of carbonyl (C=O) groups excluding carboxylic acids is 2. The summed E-state index contributed by atoms with van der Waals surface area (Å²) in [7, 11) is -1.55. The van der Waals surface area contributed by atoms with Gasteiger partial charge in [0.1, 0.15) is 21.5 Å². The Balaban J connectivity index is 1.61. The molecule has 0 bridgehead atoms. The topological polar surface area (TPSA) is 99.4 Å². The van der Waals surface area contributed by atoms with Gasteiger partial charge in [-0.3, -0.25) is 4.79 Å². The molecule has 0 aliphatic carbocycles. The van der Waals surface area contributed by atoms with Crippen molar-refractivity contribution in [1.29, 1.82) is 0 Å². The molecule has 1 aromatic carbocycles. The number of anilines is 1. The molecule has 1 atom stereocenters. The van der Waals surface area contributed by atoms with Gasteiger partial charge in [0, 0.05) is 58.0 Å². The first kappa shape index (κ1) is 28.2. The minimum Gasteiger partial charge on any atom is -0.494 e. The standard InChI is InChI=1S/C26H43N5O4S/c1-4-7-21-35-23-11-9-22(10-12-23)29-15-8-16-31(20-19-29)36(34)26(24(27)32)13-17-30(18-14-26)25(33)28(5-2)6-3/h9-12H,4-8,13-21H2,1-3H3,(H2,27,32). The summed E-state index contributed by atoms with van der Waals surface area (Å²) in [5.41, 5.74) is 6.97. The number of unbranched alkanes of at least 4 members (excludes halogenated alkanes) is 1. The lowest BCUT2D eigenvalue weighted by molar-refractivity contribution is -0.121. The van der Waals surface area contributed by atoms with Crippen molar-refractivity contribution in [3.8, 4) is 5.75 Å². The molecule has 2 fully saturated rings. The fourth-order valence-electron chi connectivity index (χ4n) is 4.91. The number of hydrogen-bond acceptors (Lipinski definition) is 5. The lowest BCUT2D eigenvalue weighted by atomic mass is 9.95. The van der Waals surface area contributed by atoms with Crippen LogP contribution in [-0.4, -0.2) is 94.0 Å². The van der Waals surface area contributed by atoms with E-state index in [1.54, 1.807) is 9.80 Å². The van der Waals surface area contributed by atoms with Gasteiger partial charge in [-0.05, 0) is 63.8 Å². The van der Waals surface area contributed by atoms with Crippen LogP contribution in [0, 0.1) is 0 Å². The van der Waals surface area contributed by atoms with E-state index in [0.29, 0.717) is 58.7 Å². The largest absolute Gasteiger partial charge is 0.494 e. The molecule has 10 heteroatoms. The number of nitrogens with zero attached hydrogens (tertiary/aromatic N) is 4. The van der Waals surface area contributed by atoms with Gasteiger partial charge in [-0.2, -0.15) is 0 Å². The maximum absolute atomic E-state index is 13.8. The summed E-state index contributed by atoms with van der Waals surface area (Å²) in [5.74, 6) is 0.342. The lowest BCUT2D eigenvalue weighted by Gasteiger charge is -2.42. The van der Waals surface area contributed by atoms with Crippen LogP contribution in [0.3, 0.4) is 0 Å². The Morgan fingerprint density at radius 1 is 1.00 bits per heavy atom. The van der Waals surface area contributed by atoms with Crippen LogP contribution in [-0.2, 0) is 15.8 Å². The highest BCUT2D eigenvalue weighted by Gasteiger charge is 2.48. The van der Waals surface area contributed by atoms with E-state index in [0.717, 1.165) is 43.9 Å². The molecule has 202 valence electrons. The molecule has 3 rings (SSSR count). The van der Waals surface area contributed by atoms with Crippen molar-refractivity contribution in [1.82, 2.24) is 14.1 Å². The number of primary amides is 1. The van der Waals surface area contributed by atoms with Crippen LogP contribution in [0.4, 0.5) is 10.5 Å². The van der Waals surface area contributed by atoms with Gasteiger partial charge in [0.15, 0.2) is 0 Å². The van der Waals surface area contributed by atoms with Crippen molar-refractivity contribution in [3.05, 3.63) is 24.3 Å². The summed E-state index contributed by atoms with van der Waals surface area (Å²) in [6, 6.07) is 8.11. The zero-order valence-corrected chi connectivity index (χ0v) is 22.9. The van der Waals surface area contributed by atoms with Crippen molar-refractivity contribution >= 4 is 28.6 Å². The molecule has 3 amide bonds. The molecule has 2 aliphatic rings. The highest BCUT2D eigenvalue weighted by Crippen LogP contribution is 2.32. The smallest absolute Gasteiger partial charge is 0.319 e. The Bertz CT molecular complexity index is 885. The predicted octanol–water partition coefficient (Wildman–Crippen LogP) is 2.82. The van der Waals surface area contributed by atoms with E-state index >= 15 is 0 Å². The lowest BCUT2D eigenvalue weighted by Crippen LogP contribution is -2.60. The Kier molecular flexibility index (Phi) is 10.4. The number of hydrogen-bond donors (Lipinski definition) is 1. The molecule has 9 nitrogen and oxygen atoms in total. The molecule has 2 N–H and O–H groups in total. The first-order valence-corrected chi connectivity index (χ1v) is 14.5. The average Bonchev–Trinajstić information content (AvgIpc) is 3.16. The number of benzene rings is 1. The SMILES string of the molecule is CCCCOc1ccc(N2CCCN(S(=O)C3(C(N)=O)CCN(C(=O)N(CC)CC)CC3)CC2)cc1. The minimum absolute atomic E-state index is 0.0314. The number of ether oxygens (including phenoxy) is 1. The van der Waals surface area contributed by atoms with Crippen LogP contribution in [0.1, 0.15) is 52.9 Å². The van der Waals surface area contributed by atoms with Gasteiger partial charge in [-0.15, -0.1) is 0 Å². The summed E-state index contributed by atoms with van der Waals surface area (Å²) in [6.07, 6.45) is 3.62. The third-order valence-corrected chi connectivity index (χ3v) is 9.43. The van der Waals surface area contributed by atoms with Crippen LogP contribution < -0.4 is 15.4 Å². The third kappa shape index (κ3) is 6.51. The van der Waals surface area contributed by atoms with Crippen LogP contribution in [0.15, 0.2) is 24.3 Å². The number of carbonyl (C=O) groups is 2. The Morgan fingerprint density at radius 2 is 1.67 bits per heavy atom. The molecule has 2 heterocycles. The quantitative estimate of drug-likeness (QED) is 0.478. The average molecular weight is 522 g/mol. The van der Waals surface area contributed by atoms with Crippen molar-refractivity contribution < 1.29 is 18.5 Å². The molecule has 1 unspecified atom stereocenters. The van der Waals surface area contributed by atoms with Crippen LogP contribution >= 0.6 is 0 Å². The highest BCUT2D eigenvalue weighted by molar-refractivity contribution is 7.85. The molecule has 2 aliphatic heterocycles. The van der Waals surface area contributed by atoms with Gasteiger partial charge in [0.25, 0.3) is 0 Å². The number of urea groups is 1. The Hall–Kier alpha value is -2.33. The first-order chi connectivity index (χ1) is 17.4. The van der Waals surface area contributed by atoms with Crippen molar-refractivity contribution in [2.75, 3.05) is 63.9 Å². The summed E-state index contributed by atoms with van der Waals surface area (Å²) in [6.45, 7) is 11.6. The number of nitrogens with two attached hydrogens (primary N) is 1. The molecule has 0 saturated carbocycles. The Labute approximate surface area is 218 Å². The number of amides is 3. The van der Waals surface area contributed by atoms with Crippen LogP contribution in [0.5, 0.6) is 5.75 Å². The maximum atomic E-state index is 13.8. The molecule has 0 radical (unpaired) electrons. The van der Waals surface area contributed by atoms with Gasteiger partial charge >= 0.3 is 6.03 Å². The van der Waals surface area contributed by atoms with E-state index in [2.05, 4.69) is 24.0 Å². The summed E-state index contributed by atoms with van der Waals surface area (Å²) >= 11 is 0. The Morgan fingerprint density at radius 3 is 2.25 bits per heavy atom. The fraction of sp³-hybridized carbons (Fsp3) is 0.692. The first-order valence-electron chi connectivity index (χ1n) is 13.3. The number of piperidine rings is 1. The van der Waals surface area contributed by atoms with E-state index in [9.17, 15) is 13.8 Å². The number of rotatable bonds is 10. The predicted molar refractivity (Wildman–Crippen MR) is 144 cm³/mol. The van der Waals surface area contributed by atoms with E-state index in [1.807, 2.05) is 30.3 Å². The second-order valence-corrected chi connectivity index (χ2v) is 11.3. The normalized spacial score (nSPS) is 19.4. The van der Waals surface area contributed by atoms with E-state index in [-0.39, 0.29) is 6.03 Å². The van der Waals surface area contributed by atoms with E-state index < -0.39 is 21.6 Å². The minimum atomic E-state index is -1.55. The number of likely N-dealkylation sites (tertiary alicyclic amines) is 1. The van der Waals surface area contributed by atoms with Gasteiger partial charge in [0.2, 0.25) is 5.91 Å². The van der Waals surface area contributed by atoms with Crippen molar-refractivity contribution in [2.24, 2.45) is 5.73 Å². The zero-order chi connectivity index (χ0) is 26.1. The van der Waals surface area contributed by atoms with E-state index in [1.165, 1.54) is 0 Å². The van der Waals surface area contributed by atoms with Gasteiger partial charge in [-0.1, -0.05) is 13.3 Å². The maximum Gasteiger partial charge on any atom is 0.319 e. The van der Waals surface area contributed by atoms with Crippen molar-refractivity contribution in [2.45, 2.75) is 57.6 Å². The molecule has 2 saturated heterocycles. The molecule has 0 aromatic heterocycles. The van der Waals surface area contributed by atoms with E-state index in [4.69, 9.17) is 10.5 Å². The summed E-state index contributed by atoms with van der Waals surface area (Å²) in [4.78, 5) is 31.2. The second kappa shape index (κ2) is 13.3. The van der Waals surface area contributed by atoms with Gasteiger partial charge in [0.05, 0.1) is 6.61 Å². The molecule has 36 heavy (non-hydrogen) atoms. The van der Waals surface area contributed by atoms with Crippen LogP contribution in [0.25, 0.3) is 0 Å². The van der Waals surface area contributed by atoms with Crippen molar-refractivity contribution in [3.63, 3.8) is 0 Å². The monoisotopic (exact) mass is 521 g/mol. The summed E-state index contributed by atoms with van der Waals surface area (Å²) < 4.78 is 20.3. The second-order valence-electron chi connectivity index (χ2n) is 9.52. The molecular weight excluding hydrogens is 478 g/mol. The molecule has 0 spiro atoms. The fourth-order valence-corrected chi connectivity index (χ4v) is 6.65. The van der Waals surface area contributed by atoms with Crippen LogP contribution in [0.2, 0.25) is 0 Å². The zero-order valence-electron chi connectivity index (χ0n) is 22.1. The summed E-state index contributed by atoms with van der Waals surface area (Å²) in [5, 5.41) is 0. The third-order valence-electron chi connectivity index (χ3n) is 7.32. The molecular formula is C26H43N5O4S.